The number of hydrogen-bond acceptors (Lipinski definition) is 4. The average molecular weight is 241 g/mol. The molecule has 0 spiro atoms. The number of ether oxygens (including phenoxy) is 1. The van der Waals surface area contributed by atoms with Crippen LogP contribution >= 0.6 is 0 Å². The molecule has 0 aliphatic carbocycles. The normalized spacial score (nSPS) is 26.2. The van der Waals surface area contributed by atoms with Gasteiger partial charge in [-0.1, -0.05) is 0 Å². The van der Waals surface area contributed by atoms with E-state index in [0.29, 0.717) is 32.7 Å². The Balaban J connectivity index is 1.82. The van der Waals surface area contributed by atoms with E-state index < -0.39 is 0 Å². The van der Waals surface area contributed by atoms with Crippen molar-refractivity contribution in [2.45, 2.75) is 18.9 Å². The van der Waals surface area contributed by atoms with Crippen LogP contribution in [-0.2, 0) is 14.3 Å². The molecule has 0 bridgehead atoms. The highest BCUT2D eigenvalue weighted by molar-refractivity contribution is 5.85. The van der Waals surface area contributed by atoms with E-state index in [4.69, 9.17) is 4.74 Å². The van der Waals surface area contributed by atoms with Crippen LogP contribution in [0.5, 0.6) is 0 Å². The summed E-state index contributed by atoms with van der Waals surface area (Å²) in [7, 11) is 0. The van der Waals surface area contributed by atoms with Gasteiger partial charge in [0, 0.05) is 26.2 Å². The van der Waals surface area contributed by atoms with Crippen LogP contribution in [0.1, 0.15) is 12.8 Å². The maximum absolute atomic E-state index is 12.0. The predicted molar refractivity (Wildman–Crippen MR) is 61.4 cm³/mol. The number of amides is 2. The zero-order chi connectivity index (χ0) is 12.1. The Morgan fingerprint density at radius 2 is 2.35 bits per heavy atom. The monoisotopic (exact) mass is 241 g/mol. The molecule has 6 nitrogen and oxygen atoms in total. The van der Waals surface area contributed by atoms with Gasteiger partial charge in [0.25, 0.3) is 0 Å². The van der Waals surface area contributed by atoms with Gasteiger partial charge in [0.2, 0.25) is 11.8 Å². The van der Waals surface area contributed by atoms with E-state index in [-0.39, 0.29) is 24.5 Å². The highest BCUT2D eigenvalue weighted by atomic mass is 16.5. The van der Waals surface area contributed by atoms with E-state index in [2.05, 4.69) is 10.6 Å². The number of morpholine rings is 1. The SMILES string of the molecule is O=C1CN(C(=O)CC2CNCCO2)CCCN1. The molecular formula is C11H19N3O3. The zero-order valence-corrected chi connectivity index (χ0v) is 9.91. The van der Waals surface area contributed by atoms with Crippen molar-refractivity contribution in [2.24, 2.45) is 0 Å². The number of nitrogens with one attached hydrogen (secondary N) is 2. The predicted octanol–water partition coefficient (Wildman–Crippen LogP) is -1.29. The summed E-state index contributed by atoms with van der Waals surface area (Å²) >= 11 is 0. The van der Waals surface area contributed by atoms with Crippen molar-refractivity contribution in [1.29, 1.82) is 0 Å². The molecular weight excluding hydrogens is 222 g/mol. The van der Waals surface area contributed by atoms with Gasteiger partial charge in [-0.15, -0.1) is 0 Å². The van der Waals surface area contributed by atoms with Crippen molar-refractivity contribution in [2.75, 3.05) is 39.3 Å². The first kappa shape index (κ1) is 12.3. The van der Waals surface area contributed by atoms with Crippen molar-refractivity contribution in [1.82, 2.24) is 15.5 Å². The average Bonchev–Trinajstić information content (AvgIpc) is 2.55. The summed E-state index contributed by atoms with van der Waals surface area (Å²) in [5, 5.41) is 5.95. The van der Waals surface area contributed by atoms with Crippen LogP contribution in [-0.4, -0.2) is 62.1 Å². The van der Waals surface area contributed by atoms with Crippen molar-refractivity contribution < 1.29 is 14.3 Å². The summed E-state index contributed by atoms with van der Waals surface area (Å²) in [6.45, 7) is 3.70. The summed E-state index contributed by atoms with van der Waals surface area (Å²) in [6, 6.07) is 0. The van der Waals surface area contributed by atoms with E-state index >= 15 is 0 Å². The Bertz CT molecular complexity index is 290. The Morgan fingerprint density at radius 1 is 1.47 bits per heavy atom. The van der Waals surface area contributed by atoms with Crippen molar-refractivity contribution >= 4 is 11.8 Å². The van der Waals surface area contributed by atoms with Crippen molar-refractivity contribution in [3.05, 3.63) is 0 Å². The molecule has 6 heteroatoms. The third kappa shape index (κ3) is 3.67. The molecule has 17 heavy (non-hydrogen) atoms. The first-order valence-electron chi connectivity index (χ1n) is 6.12. The topological polar surface area (TPSA) is 70.7 Å². The Morgan fingerprint density at radius 3 is 3.12 bits per heavy atom. The van der Waals surface area contributed by atoms with Gasteiger partial charge in [0.05, 0.1) is 25.7 Å². The van der Waals surface area contributed by atoms with Gasteiger partial charge in [0.1, 0.15) is 0 Å². The summed E-state index contributed by atoms with van der Waals surface area (Å²) in [4.78, 5) is 25.0. The molecule has 2 rings (SSSR count). The maximum atomic E-state index is 12.0. The minimum Gasteiger partial charge on any atom is -0.375 e. The second-order valence-electron chi connectivity index (χ2n) is 4.42. The van der Waals surface area contributed by atoms with Gasteiger partial charge in [-0.25, -0.2) is 0 Å². The molecule has 2 amide bonds. The van der Waals surface area contributed by atoms with Crippen LogP contribution in [0.4, 0.5) is 0 Å². The standard InChI is InChI=1S/C11H19N3O3/c15-10-8-14(4-1-2-13-10)11(16)6-9-7-12-3-5-17-9/h9,12H,1-8H2,(H,13,15). The molecule has 0 aromatic heterocycles. The third-order valence-electron chi connectivity index (χ3n) is 3.02. The molecule has 1 unspecified atom stereocenters. The summed E-state index contributed by atoms with van der Waals surface area (Å²) in [5.74, 6) is -0.0608. The van der Waals surface area contributed by atoms with Gasteiger partial charge in [-0.3, -0.25) is 9.59 Å². The number of carbonyl (C=O) groups excluding carboxylic acids is 2. The maximum Gasteiger partial charge on any atom is 0.239 e. The molecule has 2 heterocycles. The lowest BCUT2D eigenvalue weighted by Gasteiger charge is -2.26. The van der Waals surface area contributed by atoms with Gasteiger partial charge < -0.3 is 20.3 Å². The van der Waals surface area contributed by atoms with Crippen molar-refractivity contribution in [3.63, 3.8) is 0 Å². The van der Waals surface area contributed by atoms with Gasteiger partial charge >= 0.3 is 0 Å². The molecule has 2 saturated heterocycles. The van der Waals surface area contributed by atoms with Crippen LogP contribution in [0, 0.1) is 0 Å². The molecule has 0 saturated carbocycles. The molecule has 0 aromatic rings. The van der Waals surface area contributed by atoms with E-state index in [9.17, 15) is 9.59 Å². The van der Waals surface area contributed by atoms with Gasteiger partial charge in [-0.2, -0.15) is 0 Å². The lowest BCUT2D eigenvalue weighted by molar-refractivity contribution is -0.138. The van der Waals surface area contributed by atoms with Crippen LogP contribution in [0.25, 0.3) is 0 Å². The van der Waals surface area contributed by atoms with E-state index in [1.54, 1.807) is 4.90 Å². The molecule has 96 valence electrons. The second kappa shape index (κ2) is 5.97. The molecule has 2 N–H and O–H groups in total. The zero-order valence-electron chi connectivity index (χ0n) is 9.91. The van der Waals surface area contributed by atoms with Crippen LogP contribution in [0.3, 0.4) is 0 Å². The van der Waals surface area contributed by atoms with Crippen LogP contribution in [0.15, 0.2) is 0 Å². The van der Waals surface area contributed by atoms with Crippen LogP contribution in [0.2, 0.25) is 0 Å². The fourth-order valence-corrected chi connectivity index (χ4v) is 2.09. The van der Waals surface area contributed by atoms with Gasteiger partial charge in [0.15, 0.2) is 0 Å². The first-order chi connectivity index (χ1) is 8.25. The highest BCUT2D eigenvalue weighted by Gasteiger charge is 2.24. The molecule has 0 aromatic carbocycles. The minimum atomic E-state index is -0.0708. The minimum absolute atomic E-state index is 0.00995. The number of hydrogen-bond donors (Lipinski definition) is 2. The third-order valence-corrected chi connectivity index (χ3v) is 3.02. The molecule has 2 fully saturated rings. The first-order valence-corrected chi connectivity index (χ1v) is 6.12. The smallest absolute Gasteiger partial charge is 0.239 e. The Kier molecular flexibility index (Phi) is 4.33. The molecule has 2 aliphatic heterocycles. The fraction of sp³-hybridized carbons (Fsp3) is 0.818. The molecule has 0 radical (unpaired) electrons. The number of nitrogens with zero attached hydrogens (tertiary/aromatic N) is 1. The second-order valence-corrected chi connectivity index (χ2v) is 4.42. The number of carbonyl (C=O) groups is 2. The highest BCUT2D eigenvalue weighted by Crippen LogP contribution is 2.06. The summed E-state index contributed by atoms with van der Waals surface area (Å²) in [5.41, 5.74) is 0. The van der Waals surface area contributed by atoms with Crippen molar-refractivity contribution in [3.8, 4) is 0 Å². The fourth-order valence-electron chi connectivity index (χ4n) is 2.09. The Hall–Kier alpha value is -1.14. The largest absolute Gasteiger partial charge is 0.375 e. The summed E-state index contributed by atoms with van der Waals surface area (Å²) < 4.78 is 5.49. The quantitative estimate of drug-likeness (QED) is 0.631. The van der Waals surface area contributed by atoms with Crippen LogP contribution < -0.4 is 10.6 Å². The Labute approximate surface area is 101 Å². The van der Waals surface area contributed by atoms with E-state index in [0.717, 1.165) is 13.0 Å². The lowest BCUT2D eigenvalue weighted by atomic mass is 10.2. The summed E-state index contributed by atoms with van der Waals surface area (Å²) in [6.07, 6.45) is 1.13. The number of rotatable bonds is 2. The molecule has 2 aliphatic rings. The van der Waals surface area contributed by atoms with E-state index in [1.807, 2.05) is 0 Å². The van der Waals surface area contributed by atoms with Gasteiger partial charge in [-0.05, 0) is 6.42 Å². The molecule has 1 atom stereocenters. The van der Waals surface area contributed by atoms with E-state index in [1.165, 1.54) is 0 Å². The lowest BCUT2D eigenvalue weighted by Crippen LogP contribution is -2.44.